The van der Waals surface area contributed by atoms with Crippen LogP contribution in [0.3, 0.4) is 0 Å². The molecule has 1 aromatic rings. The van der Waals surface area contributed by atoms with Gasteiger partial charge in [0.25, 0.3) is 0 Å². The molecule has 1 aromatic heterocycles. The molecule has 7 heteroatoms. The number of hydrogen-bond acceptors (Lipinski definition) is 4. The van der Waals surface area contributed by atoms with Crippen molar-refractivity contribution in [2.45, 2.75) is 70.0 Å². The predicted molar refractivity (Wildman–Crippen MR) is 96.5 cm³/mol. The largest absolute Gasteiger partial charge is 0.396 e. The SMILES string of the molecule is O=C(NC1CCCCC1)[C@H]1C[NH+]2CC[C@@H]1C[C@@H]2Cn1cc(CCO)nn1. The fourth-order valence-electron chi connectivity index (χ4n) is 5.26. The fourth-order valence-corrected chi connectivity index (χ4v) is 5.26. The van der Waals surface area contributed by atoms with Gasteiger partial charge in [0.2, 0.25) is 5.91 Å². The van der Waals surface area contributed by atoms with E-state index in [1.54, 1.807) is 4.90 Å². The number of nitrogens with one attached hydrogen (secondary N) is 2. The topological polar surface area (TPSA) is 84.5 Å². The van der Waals surface area contributed by atoms with E-state index in [4.69, 9.17) is 5.11 Å². The van der Waals surface area contributed by atoms with E-state index in [-0.39, 0.29) is 12.5 Å². The van der Waals surface area contributed by atoms with Crippen molar-refractivity contribution in [2.75, 3.05) is 19.7 Å². The third-order valence-electron chi connectivity index (χ3n) is 6.70. The van der Waals surface area contributed by atoms with Crippen molar-refractivity contribution in [2.24, 2.45) is 11.8 Å². The number of quaternary nitrogens is 1. The molecule has 144 valence electrons. The van der Waals surface area contributed by atoms with Gasteiger partial charge in [-0.2, -0.15) is 0 Å². The molecule has 4 atom stereocenters. The van der Waals surface area contributed by atoms with Gasteiger partial charge in [-0.15, -0.1) is 5.10 Å². The van der Waals surface area contributed by atoms with Crippen LogP contribution in [0.1, 0.15) is 50.6 Å². The number of fused-ring (bicyclic) bond motifs is 3. The van der Waals surface area contributed by atoms with E-state index in [1.807, 2.05) is 10.9 Å². The van der Waals surface area contributed by atoms with Gasteiger partial charge in [0, 0.05) is 38.1 Å². The third kappa shape index (κ3) is 3.93. The van der Waals surface area contributed by atoms with E-state index >= 15 is 0 Å². The first kappa shape index (κ1) is 17.9. The lowest BCUT2D eigenvalue weighted by molar-refractivity contribution is -0.945. The average Bonchev–Trinajstić information content (AvgIpc) is 3.10. The van der Waals surface area contributed by atoms with Crippen LogP contribution in [-0.2, 0) is 17.8 Å². The Balaban J connectivity index is 1.32. The maximum Gasteiger partial charge on any atom is 0.229 e. The Morgan fingerprint density at radius 1 is 1.31 bits per heavy atom. The van der Waals surface area contributed by atoms with Crippen LogP contribution in [0.2, 0.25) is 0 Å². The summed E-state index contributed by atoms with van der Waals surface area (Å²) in [7, 11) is 0. The Labute approximate surface area is 155 Å². The van der Waals surface area contributed by atoms with E-state index in [2.05, 4.69) is 15.6 Å². The minimum atomic E-state index is 0.110. The van der Waals surface area contributed by atoms with Gasteiger partial charge in [-0.25, -0.2) is 4.68 Å². The van der Waals surface area contributed by atoms with Crippen molar-refractivity contribution >= 4 is 5.91 Å². The second kappa shape index (κ2) is 8.05. The molecule has 0 spiro atoms. The highest BCUT2D eigenvalue weighted by atomic mass is 16.3. The van der Waals surface area contributed by atoms with Crippen molar-refractivity contribution in [3.05, 3.63) is 11.9 Å². The van der Waals surface area contributed by atoms with Crippen LogP contribution in [0.5, 0.6) is 0 Å². The Kier molecular flexibility index (Phi) is 5.55. The monoisotopic (exact) mass is 362 g/mol. The number of carbonyl (C=O) groups is 1. The van der Waals surface area contributed by atoms with Crippen molar-refractivity contribution in [3.8, 4) is 0 Å². The van der Waals surface area contributed by atoms with E-state index in [0.29, 0.717) is 30.3 Å². The molecule has 26 heavy (non-hydrogen) atoms. The summed E-state index contributed by atoms with van der Waals surface area (Å²) >= 11 is 0. The number of nitrogens with zero attached hydrogens (tertiary/aromatic N) is 3. The Bertz CT molecular complexity index is 613. The maximum atomic E-state index is 12.8. The number of aliphatic hydroxyl groups excluding tert-OH is 1. The van der Waals surface area contributed by atoms with Crippen molar-refractivity contribution in [3.63, 3.8) is 0 Å². The first-order valence-corrected chi connectivity index (χ1v) is 10.4. The standard InChI is InChI=1S/C19H31N5O2/c25-9-7-16-11-24(22-21-16)12-17-10-14-6-8-23(17)13-18(14)19(26)20-15-4-2-1-3-5-15/h11,14-15,17-18,25H,1-10,12-13H2,(H,20,26)/p+1/t14-,17-,18+/m1/s1. The minimum absolute atomic E-state index is 0.110. The summed E-state index contributed by atoms with van der Waals surface area (Å²) in [5.41, 5.74) is 0.850. The van der Waals surface area contributed by atoms with E-state index in [9.17, 15) is 4.79 Å². The molecule has 3 N–H and O–H groups in total. The van der Waals surface area contributed by atoms with Gasteiger partial charge >= 0.3 is 0 Å². The summed E-state index contributed by atoms with van der Waals surface area (Å²) in [5, 5.41) is 20.7. The van der Waals surface area contributed by atoms with Crippen LogP contribution < -0.4 is 10.2 Å². The predicted octanol–water partition coefficient (Wildman–Crippen LogP) is -0.445. The molecule has 4 aliphatic rings. The van der Waals surface area contributed by atoms with Crippen molar-refractivity contribution in [1.29, 1.82) is 0 Å². The van der Waals surface area contributed by atoms with Crippen LogP contribution in [0, 0.1) is 11.8 Å². The number of hydrogen-bond donors (Lipinski definition) is 3. The molecule has 3 aliphatic heterocycles. The molecule has 0 radical (unpaired) electrons. The molecular weight excluding hydrogens is 330 g/mol. The van der Waals surface area contributed by atoms with Gasteiger partial charge in [0.1, 0.15) is 6.04 Å². The van der Waals surface area contributed by atoms with Gasteiger partial charge in [-0.3, -0.25) is 4.79 Å². The molecule has 1 unspecified atom stereocenters. The van der Waals surface area contributed by atoms with Gasteiger partial charge in [-0.1, -0.05) is 24.5 Å². The first-order chi connectivity index (χ1) is 12.7. The molecule has 1 amide bonds. The van der Waals surface area contributed by atoms with Crippen molar-refractivity contribution in [1.82, 2.24) is 20.3 Å². The van der Waals surface area contributed by atoms with Crippen LogP contribution in [0.15, 0.2) is 6.20 Å². The molecular formula is C19H32N5O2+. The van der Waals surface area contributed by atoms with E-state index < -0.39 is 0 Å². The Hall–Kier alpha value is -1.47. The second-order valence-electron chi connectivity index (χ2n) is 8.45. The summed E-state index contributed by atoms with van der Waals surface area (Å²) in [6, 6.07) is 0.939. The van der Waals surface area contributed by atoms with Gasteiger partial charge < -0.3 is 15.3 Å². The number of piperidine rings is 3. The third-order valence-corrected chi connectivity index (χ3v) is 6.70. The quantitative estimate of drug-likeness (QED) is 0.640. The van der Waals surface area contributed by atoms with Gasteiger partial charge in [0.15, 0.2) is 0 Å². The lowest BCUT2D eigenvalue weighted by Crippen LogP contribution is -3.20. The molecule has 1 saturated carbocycles. The van der Waals surface area contributed by atoms with Gasteiger partial charge in [0.05, 0.1) is 31.2 Å². The summed E-state index contributed by atoms with van der Waals surface area (Å²) in [5.74, 6) is 1.02. The Morgan fingerprint density at radius 3 is 2.88 bits per heavy atom. The zero-order valence-corrected chi connectivity index (χ0v) is 15.6. The molecule has 4 fully saturated rings. The molecule has 5 rings (SSSR count). The Morgan fingerprint density at radius 2 is 2.15 bits per heavy atom. The van der Waals surface area contributed by atoms with Crippen LogP contribution >= 0.6 is 0 Å². The summed E-state index contributed by atoms with van der Waals surface area (Å²) in [6.07, 6.45) is 10.9. The van der Waals surface area contributed by atoms with Crippen LogP contribution in [0.25, 0.3) is 0 Å². The summed E-state index contributed by atoms with van der Waals surface area (Å²) in [4.78, 5) is 14.4. The van der Waals surface area contributed by atoms with E-state index in [0.717, 1.165) is 38.0 Å². The van der Waals surface area contributed by atoms with Crippen LogP contribution in [0.4, 0.5) is 0 Å². The minimum Gasteiger partial charge on any atom is -0.396 e. The van der Waals surface area contributed by atoms with Crippen molar-refractivity contribution < 1.29 is 14.8 Å². The number of aromatic nitrogens is 3. The number of amides is 1. The van der Waals surface area contributed by atoms with E-state index in [1.165, 1.54) is 32.2 Å². The first-order valence-electron chi connectivity index (χ1n) is 10.4. The van der Waals surface area contributed by atoms with Crippen LogP contribution in [-0.4, -0.2) is 57.8 Å². The molecule has 0 aromatic carbocycles. The number of carbonyl (C=O) groups excluding carboxylic acids is 1. The molecule has 7 nitrogen and oxygen atoms in total. The maximum absolute atomic E-state index is 12.8. The second-order valence-corrected chi connectivity index (χ2v) is 8.45. The molecule has 1 aliphatic carbocycles. The fraction of sp³-hybridized carbons (Fsp3) is 0.842. The zero-order chi connectivity index (χ0) is 17.9. The highest BCUT2D eigenvalue weighted by Gasteiger charge is 2.46. The molecule has 2 bridgehead atoms. The lowest BCUT2D eigenvalue weighted by Gasteiger charge is -2.46. The van der Waals surface area contributed by atoms with Gasteiger partial charge in [-0.05, 0) is 18.8 Å². The normalized spacial score (nSPS) is 31.9. The number of aliphatic hydroxyl groups is 1. The highest BCUT2D eigenvalue weighted by molar-refractivity contribution is 5.79. The molecule has 4 heterocycles. The summed E-state index contributed by atoms with van der Waals surface area (Å²) < 4.78 is 1.92. The summed E-state index contributed by atoms with van der Waals surface area (Å²) in [6.45, 7) is 3.10. The lowest BCUT2D eigenvalue weighted by atomic mass is 9.75. The molecule has 3 saturated heterocycles. The highest BCUT2D eigenvalue weighted by Crippen LogP contribution is 2.28. The smallest absolute Gasteiger partial charge is 0.229 e. The number of rotatable bonds is 6. The zero-order valence-electron chi connectivity index (χ0n) is 15.6. The average molecular weight is 362 g/mol.